The van der Waals surface area contributed by atoms with Crippen LogP contribution in [0.25, 0.3) is 0 Å². The van der Waals surface area contributed by atoms with E-state index in [-0.39, 0.29) is 6.04 Å². The number of fused-ring (bicyclic) bond motifs is 1. The molecule has 4 rings (SSSR count). The topological polar surface area (TPSA) is 29.4 Å². The van der Waals surface area contributed by atoms with Gasteiger partial charge in [0, 0.05) is 30.7 Å². The Hall–Kier alpha value is -2.79. The normalized spacial score (nSPS) is 15.7. The third-order valence-corrected chi connectivity index (χ3v) is 5.78. The summed E-state index contributed by atoms with van der Waals surface area (Å²) in [7, 11) is 0. The van der Waals surface area contributed by atoms with E-state index in [1.807, 2.05) is 19.1 Å². The maximum Gasteiger partial charge on any atom is 0.174 e. The van der Waals surface area contributed by atoms with Crippen LogP contribution < -0.4 is 10.1 Å². The van der Waals surface area contributed by atoms with Crippen molar-refractivity contribution < 1.29 is 4.74 Å². The minimum absolute atomic E-state index is 0.0690. The number of ether oxygens (including phenoxy) is 1. The molecule has 3 aromatic rings. The Morgan fingerprint density at radius 2 is 1.90 bits per heavy atom. The molecule has 0 unspecified atom stereocenters. The molecule has 0 bridgehead atoms. The number of aromatic nitrogens is 1. The van der Waals surface area contributed by atoms with E-state index in [9.17, 15) is 0 Å². The summed E-state index contributed by atoms with van der Waals surface area (Å²) in [6.07, 6.45) is 2.15. The van der Waals surface area contributed by atoms with Gasteiger partial charge in [-0.25, -0.2) is 0 Å². The SMILES string of the molecule is CCOc1ccc([C@H]2c3cccn3CCN2C(=S)Nc2cc(C)ccc2C)cc1. The number of hydrogen-bond acceptors (Lipinski definition) is 2. The number of hydrogen-bond donors (Lipinski definition) is 1. The predicted octanol–water partition coefficient (Wildman–Crippen LogP) is 5.31. The highest BCUT2D eigenvalue weighted by Gasteiger charge is 2.30. The zero-order valence-corrected chi connectivity index (χ0v) is 18.0. The van der Waals surface area contributed by atoms with Crippen molar-refractivity contribution in [2.45, 2.75) is 33.4 Å². The van der Waals surface area contributed by atoms with Crippen molar-refractivity contribution in [3.63, 3.8) is 0 Å². The maximum absolute atomic E-state index is 5.89. The van der Waals surface area contributed by atoms with Crippen LogP contribution in [0.4, 0.5) is 5.69 Å². The third-order valence-electron chi connectivity index (χ3n) is 5.44. The van der Waals surface area contributed by atoms with Gasteiger partial charge in [-0.15, -0.1) is 0 Å². The Morgan fingerprint density at radius 3 is 2.66 bits per heavy atom. The highest BCUT2D eigenvalue weighted by molar-refractivity contribution is 7.80. The van der Waals surface area contributed by atoms with Gasteiger partial charge in [0.25, 0.3) is 0 Å². The second-order valence-corrected chi connectivity index (χ2v) is 7.86. The molecule has 1 aliphatic heterocycles. The van der Waals surface area contributed by atoms with Crippen LogP contribution in [0.5, 0.6) is 5.75 Å². The predicted molar refractivity (Wildman–Crippen MR) is 123 cm³/mol. The number of benzene rings is 2. The summed E-state index contributed by atoms with van der Waals surface area (Å²) in [5.74, 6) is 0.894. The molecule has 0 saturated heterocycles. The van der Waals surface area contributed by atoms with Crippen molar-refractivity contribution in [1.29, 1.82) is 0 Å². The molecule has 0 spiro atoms. The van der Waals surface area contributed by atoms with Gasteiger partial charge in [-0.1, -0.05) is 24.3 Å². The Bertz CT molecular complexity index is 1010. The highest BCUT2D eigenvalue weighted by atomic mass is 32.1. The van der Waals surface area contributed by atoms with E-state index in [4.69, 9.17) is 17.0 Å². The number of rotatable bonds is 4. The van der Waals surface area contributed by atoms with E-state index < -0.39 is 0 Å². The number of aryl methyl sites for hydroxylation is 2. The lowest BCUT2D eigenvalue weighted by Crippen LogP contribution is -2.44. The fraction of sp³-hybridized carbons (Fsp3) is 0.292. The van der Waals surface area contributed by atoms with Crippen molar-refractivity contribution >= 4 is 23.0 Å². The summed E-state index contributed by atoms with van der Waals surface area (Å²) < 4.78 is 7.94. The van der Waals surface area contributed by atoms with Gasteiger partial charge in [0.05, 0.1) is 12.6 Å². The van der Waals surface area contributed by atoms with Crippen LogP contribution in [-0.4, -0.2) is 27.7 Å². The molecule has 0 saturated carbocycles. The first-order valence-electron chi connectivity index (χ1n) is 10.1. The van der Waals surface area contributed by atoms with Gasteiger partial charge in [-0.05, 0) is 80.0 Å². The molecular weight excluding hydrogens is 378 g/mol. The first-order chi connectivity index (χ1) is 14.1. The van der Waals surface area contributed by atoms with Crippen molar-refractivity contribution in [2.24, 2.45) is 0 Å². The minimum Gasteiger partial charge on any atom is -0.494 e. The van der Waals surface area contributed by atoms with Gasteiger partial charge in [0.1, 0.15) is 5.75 Å². The maximum atomic E-state index is 5.89. The Morgan fingerprint density at radius 1 is 1.10 bits per heavy atom. The summed E-state index contributed by atoms with van der Waals surface area (Å²) in [4.78, 5) is 2.29. The molecule has 2 aromatic carbocycles. The molecule has 4 nitrogen and oxygen atoms in total. The van der Waals surface area contributed by atoms with Crippen LogP contribution in [0.1, 0.15) is 35.3 Å². The van der Waals surface area contributed by atoms with Crippen molar-refractivity contribution in [3.05, 3.63) is 83.2 Å². The van der Waals surface area contributed by atoms with Crippen molar-refractivity contribution in [3.8, 4) is 5.75 Å². The fourth-order valence-corrected chi connectivity index (χ4v) is 4.23. The van der Waals surface area contributed by atoms with E-state index in [1.165, 1.54) is 22.4 Å². The third kappa shape index (κ3) is 4.01. The summed E-state index contributed by atoms with van der Waals surface area (Å²) in [6, 6.07) is 19.2. The molecule has 1 atom stereocenters. The Balaban J connectivity index is 1.66. The van der Waals surface area contributed by atoms with Gasteiger partial charge in [0.2, 0.25) is 0 Å². The van der Waals surface area contributed by atoms with Crippen LogP contribution >= 0.6 is 12.2 Å². The smallest absolute Gasteiger partial charge is 0.174 e. The van der Waals surface area contributed by atoms with E-state index in [0.717, 1.165) is 29.6 Å². The lowest BCUT2D eigenvalue weighted by atomic mass is 10.00. The Labute approximate surface area is 178 Å². The molecular formula is C24H27N3OS. The monoisotopic (exact) mass is 405 g/mol. The molecule has 150 valence electrons. The van der Waals surface area contributed by atoms with Gasteiger partial charge in [-0.3, -0.25) is 0 Å². The minimum atomic E-state index is 0.0690. The molecule has 0 radical (unpaired) electrons. The molecule has 0 amide bonds. The fourth-order valence-electron chi connectivity index (χ4n) is 3.92. The molecule has 0 fully saturated rings. The quantitative estimate of drug-likeness (QED) is 0.596. The summed E-state index contributed by atoms with van der Waals surface area (Å²) in [5.41, 5.74) is 5.94. The van der Waals surface area contributed by atoms with E-state index in [0.29, 0.717) is 6.61 Å². The lowest BCUT2D eigenvalue weighted by Gasteiger charge is -2.39. The largest absolute Gasteiger partial charge is 0.494 e. The molecule has 1 aromatic heterocycles. The van der Waals surface area contributed by atoms with Crippen LogP contribution in [-0.2, 0) is 6.54 Å². The number of thiocarbonyl (C=S) groups is 1. The zero-order chi connectivity index (χ0) is 20.4. The lowest BCUT2D eigenvalue weighted by molar-refractivity contribution is 0.293. The van der Waals surface area contributed by atoms with Crippen molar-refractivity contribution in [2.75, 3.05) is 18.5 Å². The average Bonchev–Trinajstić information content (AvgIpc) is 3.20. The molecule has 0 aliphatic carbocycles. The Kier molecular flexibility index (Phi) is 5.58. The highest BCUT2D eigenvalue weighted by Crippen LogP contribution is 2.34. The summed E-state index contributed by atoms with van der Waals surface area (Å²) in [6.45, 7) is 8.66. The zero-order valence-electron chi connectivity index (χ0n) is 17.2. The molecule has 1 aliphatic rings. The van der Waals surface area contributed by atoms with E-state index in [1.54, 1.807) is 0 Å². The van der Waals surface area contributed by atoms with E-state index in [2.05, 4.69) is 77.3 Å². The van der Waals surface area contributed by atoms with Crippen LogP contribution in [0.2, 0.25) is 0 Å². The number of nitrogens with zero attached hydrogens (tertiary/aromatic N) is 2. The van der Waals surface area contributed by atoms with Crippen LogP contribution in [0.3, 0.4) is 0 Å². The van der Waals surface area contributed by atoms with Gasteiger partial charge < -0.3 is 19.5 Å². The van der Waals surface area contributed by atoms with E-state index >= 15 is 0 Å². The first-order valence-corrected chi connectivity index (χ1v) is 10.5. The second kappa shape index (κ2) is 8.29. The average molecular weight is 406 g/mol. The van der Waals surface area contributed by atoms with Gasteiger partial charge in [-0.2, -0.15) is 0 Å². The number of nitrogens with one attached hydrogen (secondary N) is 1. The molecule has 29 heavy (non-hydrogen) atoms. The molecule has 2 heterocycles. The van der Waals surface area contributed by atoms with Gasteiger partial charge in [0.15, 0.2) is 5.11 Å². The summed E-state index contributed by atoms with van der Waals surface area (Å²) in [5, 5.41) is 4.25. The molecule has 1 N–H and O–H groups in total. The van der Waals surface area contributed by atoms with Crippen molar-refractivity contribution in [1.82, 2.24) is 9.47 Å². The van der Waals surface area contributed by atoms with Crippen LogP contribution in [0.15, 0.2) is 60.8 Å². The van der Waals surface area contributed by atoms with Gasteiger partial charge >= 0.3 is 0 Å². The second-order valence-electron chi connectivity index (χ2n) is 7.47. The standard InChI is InChI=1S/C24H27N3OS/c1-4-28-20-11-9-19(10-12-20)23-22-6-5-13-26(22)14-15-27(23)24(29)25-21-16-17(2)7-8-18(21)3/h5-13,16,23H,4,14-15H2,1-3H3,(H,25,29)/t23-/m0/s1. The first kappa shape index (κ1) is 19.5. The number of anilines is 1. The summed E-state index contributed by atoms with van der Waals surface area (Å²) >= 11 is 5.89. The van der Waals surface area contributed by atoms with Crippen LogP contribution in [0, 0.1) is 13.8 Å². The molecule has 5 heteroatoms.